The van der Waals surface area contributed by atoms with E-state index in [4.69, 9.17) is 0 Å². The van der Waals surface area contributed by atoms with Crippen LogP contribution in [0.15, 0.2) is 76.7 Å². The Kier molecular flexibility index (Phi) is 6.56. The summed E-state index contributed by atoms with van der Waals surface area (Å²) in [5, 5.41) is 32.0. The number of carbonyl (C=O) groups is 2. The molecule has 0 spiro atoms. The fourth-order valence-electron chi connectivity index (χ4n) is 6.32. The first-order valence-electron chi connectivity index (χ1n) is 13.3. The molecule has 1 amide bonds. The zero-order valence-electron chi connectivity index (χ0n) is 23.2. The number of amides is 1. The van der Waals surface area contributed by atoms with Gasteiger partial charge in [-0.25, -0.2) is 18.2 Å². The summed E-state index contributed by atoms with van der Waals surface area (Å²) in [7, 11) is -4.01. The number of imidazole rings is 1. The first-order valence-corrected chi connectivity index (χ1v) is 15.6. The number of aliphatic hydroxyl groups excluding tert-OH is 1. The summed E-state index contributed by atoms with van der Waals surface area (Å²) >= 11 is 1.05. The molecule has 4 atom stereocenters. The summed E-state index contributed by atoms with van der Waals surface area (Å²) < 4.78 is 28.6. The van der Waals surface area contributed by atoms with Crippen molar-refractivity contribution < 1.29 is 33.1 Å². The molecule has 0 radical (unpaired) electrons. The van der Waals surface area contributed by atoms with E-state index in [1.165, 1.54) is 46.8 Å². The molecule has 0 aliphatic carbocycles. The van der Waals surface area contributed by atoms with Gasteiger partial charge in [0.25, 0.3) is 5.69 Å². The number of aliphatic hydroxyl groups is 1. The van der Waals surface area contributed by atoms with E-state index in [0.717, 1.165) is 16.9 Å². The van der Waals surface area contributed by atoms with Crippen LogP contribution in [0.25, 0.3) is 10.4 Å². The number of nitro groups is 1. The minimum Gasteiger partial charge on any atom is -0.477 e. The fourth-order valence-corrected chi connectivity index (χ4v) is 9.16. The fraction of sp³-hybridized carbons (Fsp3) is 0.276. The van der Waals surface area contributed by atoms with Crippen molar-refractivity contribution in [3.8, 4) is 0 Å². The Morgan fingerprint density at radius 2 is 1.84 bits per heavy atom. The molecule has 1 fully saturated rings. The normalized spacial score (nSPS) is 22.5. The van der Waals surface area contributed by atoms with Crippen LogP contribution >= 0.6 is 11.3 Å². The summed E-state index contributed by atoms with van der Waals surface area (Å²) in [4.78, 5) is 42.8. The first-order chi connectivity index (χ1) is 20.3. The standard InChI is InChI=1S/C29H26N4O8S2/c1-15-4-10-19(11-5-15)43(40,41)25-27-31(14-30-25)13-20(42-27)22-23(28(36)37)32-24(21(16(2)34)26(32)35)29(22,3)12-17-6-8-18(9-7-17)33(38)39/h4-11,13-14,16,21,24,34H,12H2,1-3H3,(H,36,37)/t16-,21-,24-,29+/m1/s1. The van der Waals surface area contributed by atoms with Gasteiger partial charge in [0.1, 0.15) is 16.9 Å². The third-order valence-electron chi connectivity index (χ3n) is 8.30. The average Bonchev–Trinajstić information content (AvgIpc) is 3.58. The third kappa shape index (κ3) is 4.27. The van der Waals surface area contributed by atoms with E-state index in [1.807, 2.05) is 6.92 Å². The number of nitro benzene ring substituents is 1. The smallest absolute Gasteiger partial charge is 0.352 e. The van der Waals surface area contributed by atoms with Gasteiger partial charge in [-0.2, -0.15) is 0 Å². The van der Waals surface area contributed by atoms with Crippen LogP contribution in [0.4, 0.5) is 5.69 Å². The van der Waals surface area contributed by atoms with E-state index in [1.54, 1.807) is 37.4 Å². The molecular formula is C29H26N4O8S2. The number of carboxylic acids is 1. The van der Waals surface area contributed by atoms with Crippen LogP contribution in [-0.2, 0) is 25.8 Å². The highest BCUT2D eigenvalue weighted by Gasteiger charge is 2.66. The lowest BCUT2D eigenvalue weighted by Crippen LogP contribution is -2.66. The molecular weight excluding hydrogens is 596 g/mol. The van der Waals surface area contributed by atoms with Crippen molar-refractivity contribution in [3.63, 3.8) is 0 Å². The molecule has 2 aromatic heterocycles. The topological polar surface area (TPSA) is 172 Å². The van der Waals surface area contributed by atoms with Crippen molar-refractivity contribution in [2.75, 3.05) is 0 Å². The number of benzene rings is 2. The minimum atomic E-state index is -4.01. The molecule has 222 valence electrons. The summed E-state index contributed by atoms with van der Waals surface area (Å²) in [6.45, 7) is 5.13. The van der Waals surface area contributed by atoms with Crippen LogP contribution in [0.1, 0.15) is 29.9 Å². The van der Waals surface area contributed by atoms with Crippen molar-refractivity contribution in [1.82, 2.24) is 14.3 Å². The Morgan fingerprint density at radius 3 is 2.42 bits per heavy atom. The predicted molar refractivity (Wildman–Crippen MR) is 155 cm³/mol. The Morgan fingerprint density at radius 1 is 1.19 bits per heavy atom. The number of nitrogens with zero attached hydrogens (tertiary/aromatic N) is 4. The summed E-state index contributed by atoms with van der Waals surface area (Å²) in [5.41, 5.74) is 0.458. The molecule has 2 aliphatic heterocycles. The second-order valence-electron chi connectivity index (χ2n) is 11.1. The van der Waals surface area contributed by atoms with E-state index in [2.05, 4.69) is 4.98 Å². The molecule has 2 N–H and O–H groups in total. The number of sulfone groups is 1. The van der Waals surface area contributed by atoms with Gasteiger partial charge in [0.15, 0.2) is 5.03 Å². The molecule has 12 nitrogen and oxygen atoms in total. The Labute approximate surface area is 249 Å². The van der Waals surface area contributed by atoms with Crippen LogP contribution in [0.5, 0.6) is 0 Å². The summed E-state index contributed by atoms with van der Waals surface area (Å²) in [5.74, 6) is -2.73. The Hall–Kier alpha value is -4.40. The van der Waals surface area contributed by atoms with Crippen molar-refractivity contribution >= 4 is 49.1 Å². The van der Waals surface area contributed by atoms with Crippen LogP contribution in [0.3, 0.4) is 0 Å². The van der Waals surface area contributed by atoms with E-state index >= 15 is 0 Å². The van der Waals surface area contributed by atoms with Gasteiger partial charge in [0.2, 0.25) is 15.7 Å². The lowest BCUT2D eigenvalue weighted by Gasteiger charge is -2.51. The number of carbonyl (C=O) groups excluding carboxylic acids is 1. The zero-order chi connectivity index (χ0) is 31.0. The molecule has 0 unspecified atom stereocenters. The summed E-state index contributed by atoms with van der Waals surface area (Å²) in [6.07, 6.45) is 2.07. The molecule has 4 aromatic rings. The van der Waals surface area contributed by atoms with Gasteiger partial charge in [0.05, 0.1) is 32.8 Å². The van der Waals surface area contributed by atoms with E-state index in [0.29, 0.717) is 16.0 Å². The van der Waals surface area contributed by atoms with Crippen LogP contribution in [0, 0.1) is 28.4 Å². The third-order valence-corrected chi connectivity index (χ3v) is 11.3. The van der Waals surface area contributed by atoms with Gasteiger partial charge in [-0.05, 0) is 38.0 Å². The number of β-lactam (4-membered cyclic amide) rings is 1. The quantitative estimate of drug-likeness (QED) is 0.169. The van der Waals surface area contributed by atoms with Crippen molar-refractivity contribution in [2.45, 2.75) is 49.3 Å². The maximum absolute atomic E-state index is 13.5. The number of thiazole rings is 1. The molecule has 6 rings (SSSR count). The lowest BCUT2D eigenvalue weighted by molar-refractivity contribution is -0.384. The number of aliphatic carboxylic acids is 1. The number of aryl methyl sites for hydroxylation is 1. The average molecular weight is 623 g/mol. The zero-order valence-corrected chi connectivity index (χ0v) is 24.8. The molecule has 4 heterocycles. The molecule has 2 aliphatic rings. The molecule has 2 aromatic carbocycles. The highest BCUT2D eigenvalue weighted by Crippen LogP contribution is 2.59. The second-order valence-corrected chi connectivity index (χ2v) is 14.0. The van der Waals surface area contributed by atoms with E-state index in [-0.39, 0.29) is 32.6 Å². The molecule has 1 saturated heterocycles. The van der Waals surface area contributed by atoms with Gasteiger partial charge in [0, 0.05) is 29.3 Å². The molecule has 43 heavy (non-hydrogen) atoms. The van der Waals surface area contributed by atoms with Gasteiger partial charge in [-0.1, -0.05) is 36.8 Å². The largest absolute Gasteiger partial charge is 0.477 e. The maximum Gasteiger partial charge on any atom is 0.352 e. The molecule has 14 heteroatoms. The SMILES string of the molecule is Cc1ccc(S(=O)(=O)c2ncn3cc(C4=C(C(=O)O)N5C(=O)[C@H]([C@@H](C)O)[C@@H]5[C@@]4(C)Cc4ccc([N+](=O)[O-])cc4)sc23)cc1. The van der Waals surface area contributed by atoms with Gasteiger partial charge in [-0.15, -0.1) is 11.3 Å². The first kappa shape index (κ1) is 28.7. The van der Waals surface area contributed by atoms with E-state index in [9.17, 15) is 38.3 Å². The number of carboxylic acid groups (broad SMARTS) is 1. The predicted octanol–water partition coefficient (Wildman–Crippen LogP) is 3.71. The van der Waals surface area contributed by atoms with Crippen molar-refractivity contribution in [1.29, 1.82) is 0 Å². The number of rotatable bonds is 8. The van der Waals surface area contributed by atoms with Crippen LogP contribution < -0.4 is 0 Å². The second kappa shape index (κ2) is 9.82. The molecule has 0 saturated carbocycles. The summed E-state index contributed by atoms with van der Waals surface area (Å²) in [6, 6.07) is 11.5. The number of non-ortho nitro benzene ring substituents is 1. The highest BCUT2D eigenvalue weighted by atomic mass is 32.2. The number of hydrogen-bond acceptors (Lipinski definition) is 9. The van der Waals surface area contributed by atoms with Gasteiger partial charge >= 0.3 is 5.97 Å². The Balaban J connectivity index is 1.52. The number of aromatic nitrogens is 2. The Bertz CT molecular complexity index is 1960. The maximum atomic E-state index is 13.5. The highest BCUT2D eigenvalue weighted by molar-refractivity contribution is 7.91. The molecule has 0 bridgehead atoms. The number of hydrogen-bond donors (Lipinski definition) is 2. The van der Waals surface area contributed by atoms with Crippen molar-refractivity contribution in [2.24, 2.45) is 11.3 Å². The van der Waals surface area contributed by atoms with Crippen LogP contribution in [0.2, 0.25) is 0 Å². The minimum absolute atomic E-state index is 0.0671. The van der Waals surface area contributed by atoms with E-state index < -0.39 is 50.1 Å². The monoisotopic (exact) mass is 622 g/mol. The lowest BCUT2D eigenvalue weighted by atomic mass is 9.64. The van der Waals surface area contributed by atoms with Crippen LogP contribution in [-0.4, -0.2) is 61.9 Å². The number of fused-ring (bicyclic) bond motifs is 2. The van der Waals surface area contributed by atoms with Crippen molar-refractivity contribution in [3.05, 3.63) is 92.9 Å². The van der Waals surface area contributed by atoms with Gasteiger partial charge in [-0.3, -0.25) is 19.3 Å². The van der Waals surface area contributed by atoms with Gasteiger partial charge < -0.3 is 15.1 Å².